The monoisotopic (exact) mass is 350 g/mol. The van der Waals surface area contributed by atoms with Crippen LogP contribution in [-0.4, -0.2) is 24.6 Å². The predicted octanol–water partition coefficient (Wildman–Crippen LogP) is 3.38. The molecule has 3 N–H and O–H groups in total. The summed E-state index contributed by atoms with van der Waals surface area (Å²) in [6, 6.07) is 7.57. The lowest BCUT2D eigenvalue weighted by Crippen LogP contribution is -2.49. The highest BCUT2D eigenvalue weighted by atomic mass is 35.5. The average molecular weight is 351 g/mol. The van der Waals surface area contributed by atoms with Gasteiger partial charge < -0.3 is 15.8 Å². The zero-order valence-electron chi connectivity index (χ0n) is 14.2. The fourth-order valence-corrected chi connectivity index (χ4v) is 4.30. The third-order valence-electron chi connectivity index (χ3n) is 5.50. The Morgan fingerprint density at radius 1 is 1.29 bits per heavy atom. The van der Waals surface area contributed by atoms with Crippen LogP contribution >= 0.6 is 11.6 Å². The lowest BCUT2D eigenvalue weighted by Gasteiger charge is -2.43. The molecule has 0 spiro atoms. The molecular weight excluding hydrogens is 324 g/mol. The second kappa shape index (κ2) is 7.75. The van der Waals surface area contributed by atoms with Gasteiger partial charge in [-0.15, -0.1) is 0 Å². The number of carbonyl (C=O) groups is 1. The molecular formula is C19H27ClN2O2. The van der Waals surface area contributed by atoms with E-state index in [2.05, 4.69) is 5.32 Å². The number of carbonyl (C=O) groups excluding carboxylic acids is 1. The topological polar surface area (TPSA) is 64.4 Å². The molecule has 0 aliphatic heterocycles. The van der Waals surface area contributed by atoms with Crippen molar-refractivity contribution in [2.45, 2.75) is 51.2 Å². The number of ether oxygens (including phenoxy) is 1. The van der Waals surface area contributed by atoms with E-state index in [1.165, 1.54) is 19.3 Å². The molecule has 0 saturated heterocycles. The molecule has 2 bridgehead atoms. The van der Waals surface area contributed by atoms with Gasteiger partial charge in [0.05, 0.1) is 6.54 Å². The fourth-order valence-electron chi connectivity index (χ4n) is 4.18. The summed E-state index contributed by atoms with van der Waals surface area (Å²) in [6.07, 6.45) is 5.42. The van der Waals surface area contributed by atoms with Crippen molar-refractivity contribution in [3.8, 4) is 5.75 Å². The summed E-state index contributed by atoms with van der Waals surface area (Å²) in [5.41, 5.74) is 6.30. The summed E-state index contributed by atoms with van der Waals surface area (Å²) in [7, 11) is 0. The number of hydrogen-bond acceptors (Lipinski definition) is 3. The maximum Gasteiger partial charge on any atom is 0.223 e. The minimum Gasteiger partial charge on any atom is -0.489 e. The Morgan fingerprint density at radius 2 is 1.92 bits per heavy atom. The van der Waals surface area contributed by atoms with Gasteiger partial charge in [-0.3, -0.25) is 4.79 Å². The molecule has 24 heavy (non-hydrogen) atoms. The first kappa shape index (κ1) is 17.6. The molecule has 2 aliphatic carbocycles. The summed E-state index contributed by atoms with van der Waals surface area (Å²) in [5, 5.41) is 3.74. The highest BCUT2D eigenvalue weighted by molar-refractivity contribution is 6.30. The molecule has 132 valence electrons. The molecule has 5 heteroatoms. The lowest BCUT2D eigenvalue weighted by atomic mass is 9.65. The Kier molecular flexibility index (Phi) is 5.67. The van der Waals surface area contributed by atoms with Crippen LogP contribution in [0.3, 0.4) is 0 Å². The van der Waals surface area contributed by atoms with Gasteiger partial charge in [0, 0.05) is 17.0 Å². The van der Waals surface area contributed by atoms with Gasteiger partial charge in [-0.2, -0.15) is 0 Å². The Hall–Kier alpha value is -1.26. The highest BCUT2D eigenvalue weighted by Crippen LogP contribution is 2.41. The summed E-state index contributed by atoms with van der Waals surface area (Å²) < 4.78 is 5.81. The molecule has 0 aromatic heterocycles. The van der Waals surface area contributed by atoms with Gasteiger partial charge in [-0.1, -0.05) is 18.0 Å². The first-order valence-corrected chi connectivity index (χ1v) is 9.36. The van der Waals surface area contributed by atoms with Crippen molar-refractivity contribution in [1.29, 1.82) is 0 Å². The van der Waals surface area contributed by atoms with Crippen LogP contribution < -0.4 is 15.8 Å². The molecule has 1 aromatic carbocycles. The van der Waals surface area contributed by atoms with Gasteiger partial charge >= 0.3 is 0 Å². The third kappa shape index (κ3) is 4.22. The van der Waals surface area contributed by atoms with Gasteiger partial charge in [-0.05, 0) is 68.7 Å². The maximum atomic E-state index is 12.5. The smallest absolute Gasteiger partial charge is 0.223 e. The second-order valence-electron chi connectivity index (χ2n) is 7.32. The molecule has 0 radical (unpaired) electrons. The number of amides is 1. The number of hydrogen-bond donors (Lipinski definition) is 2. The Bertz CT molecular complexity index is 549. The molecule has 2 saturated carbocycles. The Morgan fingerprint density at radius 3 is 2.54 bits per heavy atom. The van der Waals surface area contributed by atoms with E-state index in [1.807, 2.05) is 19.1 Å². The van der Waals surface area contributed by atoms with Crippen LogP contribution in [0.15, 0.2) is 24.3 Å². The van der Waals surface area contributed by atoms with Gasteiger partial charge in [0.1, 0.15) is 11.9 Å². The van der Waals surface area contributed by atoms with Crippen LogP contribution in [0.1, 0.15) is 39.0 Å². The predicted molar refractivity (Wildman–Crippen MR) is 96.1 cm³/mol. The molecule has 2 aliphatic rings. The summed E-state index contributed by atoms with van der Waals surface area (Å²) in [6.45, 7) is 2.47. The number of nitrogens with two attached hydrogens (primary N) is 1. The van der Waals surface area contributed by atoms with E-state index < -0.39 is 0 Å². The highest BCUT2D eigenvalue weighted by Gasteiger charge is 2.40. The van der Waals surface area contributed by atoms with Gasteiger partial charge in [0.25, 0.3) is 0 Å². The number of nitrogens with one attached hydrogen (secondary N) is 1. The minimum absolute atomic E-state index is 0.0829. The van der Waals surface area contributed by atoms with Crippen molar-refractivity contribution in [3.63, 3.8) is 0 Å². The SMILES string of the molecule is CC(CNC(=O)C1CC2CCCC(C1)C2N)Oc1ccc(Cl)cc1. The molecule has 3 rings (SSSR count). The van der Waals surface area contributed by atoms with E-state index in [0.717, 1.165) is 18.6 Å². The van der Waals surface area contributed by atoms with Crippen molar-refractivity contribution >= 4 is 17.5 Å². The van der Waals surface area contributed by atoms with Crippen LogP contribution in [0.4, 0.5) is 0 Å². The summed E-state index contributed by atoms with van der Waals surface area (Å²) in [5.74, 6) is 2.08. The van der Waals surface area contributed by atoms with Crippen LogP contribution in [0.2, 0.25) is 5.02 Å². The fraction of sp³-hybridized carbons (Fsp3) is 0.632. The Labute approximate surface area is 149 Å². The number of rotatable bonds is 5. The largest absolute Gasteiger partial charge is 0.489 e. The van der Waals surface area contributed by atoms with E-state index in [9.17, 15) is 4.79 Å². The zero-order chi connectivity index (χ0) is 17.1. The van der Waals surface area contributed by atoms with E-state index in [1.54, 1.807) is 12.1 Å². The number of halogens is 1. The average Bonchev–Trinajstić information content (AvgIpc) is 2.54. The molecule has 1 aromatic rings. The normalized spacial score (nSPS) is 30.5. The van der Waals surface area contributed by atoms with Crippen molar-refractivity contribution in [2.75, 3.05) is 6.54 Å². The first-order valence-electron chi connectivity index (χ1n) is 8.98. The van der Waals surface area contributed by atoms with E-state index in [-0.39, 0.29) is 17.9 Å². The molecule has 2 fully saturated rings. The van der Waals surface area contributed by atoms with Crippen LogP contribution in [0, 0.1) is 17.8 Å². The van der Waals surface area contributed by atoms with Gasteiger partial charge in [-0.25, -0.2) is 0 Å². The molecule has 1 amide bonds. The quantitative estimate of drug-likeness (QED) is 0.855. The van der Waals surface area contributed by atoms with Crippen molar-refractivity contribution in [2.24, 2.45) is 23.5 Å². The van der Waals surface area contributed by atoms with Crippen molar-refractivity contribution in [1.82, 2.24) is 5.32 Å². The molecule has 3 atom stereocenters. The minimum atomic E-state index is -0.0829. The molecule has 3 unspecified atom stereocenters. The maximum absolute atomic E-state index is 12.5. The van der Waals surface area contributed by atoms with Gasteiger partial charge in [0.15, 0.2) is 0 Å². The zero-order valence-corrected chi connectivity index (χ0v) is 15.0. The van der Waals surface area contributed by atoms with Crippen LogP contribution in [0.25, 0.3) is 0 Å². The van der Waals surface area contributed by atoms with Crippen LogP contribution in [0.5, 0.6) is 5.75 Å². The summed E-state index contributed by atoms with van der Waals surface area (Å²) >= 11 is 5.87. The van der Waals surface area contributed by atoms with Crippen LogP contribution in [-0.2, 0) is 4.79 Å². The van der Waals surface area contributed by atoms with Gasteiger partial charge in [0.2, 0.25) is 5.91 Å². The van der Waals surface area contributed by atoms with Crippen molar-refractivity contribution < 1.29 is 9.53 Å². The first-order chi connectivity index (χ1) is 11.5. The molecule has 4 nitrogen and oxygen atoms in total. The lowest BCUT2D eigenvalue weighted by molar-refractivity contribution is -0.128. The Balaban J connectivity index is 1.46. The third-order valence-corrected chi connectivity index (χ3v) is 5.75. The second-order valence-corrected chi connectivity index (χ2v) is 7.76. The van der Waals surface area contributed by atoms with E-state index in [0.29, 0.717) is 29.4 Å². The standard InChI is InChI=1S/C19H27ClN2O2/c1-12(24-17-7-5-16(20)6-8-17)11-22-19(23)15-9-13-3-2-4-14(10-15)18(13)21/h5-8,12-15,18H,2-4,9-11,21H2,1H3,(H,22,23). The summed E-state index contributed by atoms with van der Waals surface area (Å²) in [4.78, 5) is 12.5. The van der Waals surface area contributed by atoms with E-state index >= 15 is 0 Å². The number of benzene rings is 1. The number of fused-ring (bicyclic) bond motifs is 2. The molecule has 0 heterocycles. The van der Waals surface area contributed by atoms with E-state index in [4.69, 9.17) is 22.1 Å². The van der Waals surface area contributed by atoms with Crippen molar-refractivity contribution in [3.05, 3.63) is 29.3 Å².